The maximum atomic E-state index is 12.2. The summed E-state index contributed by atoms with van der Waals surface area (Å²) in [6.07, 6.45) is 4.06. The lowest BCUT2D eigenvalue weighted by molar-refractivity contribution is 0.102. The zero-order chi connectivity index (χ0) is 19.0. The Balaban J connectivity index is 1.94. The minimum Gasteiger partial charge on any atom is -0.322 e. The number of sulfonamides is 1. The summed E-state index contributed by atoms with van der Waals surface area (Å²) in [6.45, 7) is 2.55. The Hall–Kier alpha value is -1.70. The van der Waals surface area contributed by atoms with Crippen molar-refractivity contribution in [2.24, 2.45) is 0 Å². The van der Waals surface area contributed by atoms with E-state index < -0.39 is 10.0 Å². The Bertz CT molecular complexity index is 819. The second kappa shape index (κ2) is 9.85. The molecule has 1 amide bonds. The Morgan fingerprint density at radius 1 is 0.962 bits per heavy atom. The first-order chi connectivity index (χ1) is 12.4. The van der Waals surface area contributed by atoms with E-state index in [1.807, 2.05) is 0 Å². The highest BCUT2D eigenvalue weighted by Crippen LogP contribution is 2.16. The average molecular weight is 439 g/mol. The van der Waals surface area contributed by atoms with E-state index in [4.69, 9.17) is 0 Å². The minimum atomic E-state index is -3.52. The molecule has 0 bridgehead atoms. The summed E-state index contributed by atoms with van der Waals surface area (Å²) in [4.78, 5) is 12.4. The lowest BCUT2D eigenvalue weighted by Gasteiger charge is -2.09. The predicted octanol–water partition coefficient (Wildman–Crippen LogP) is 4.56. The largest absolute Gasteiger partial charge is 0.322 e. The molecule has 0 spiro atoms. The molecule has 2 rings (SSSR count). The van der Waals surface area contributed by atoms with Crippen LogP contribution < -0.4 is 10.0 Å². The van der Waals surface area contributed by atoms with Crippen molar-refractivity contribution >= 4 is 37.5 Å². The fourth-order valence-electron chi connectivity index (χ4n) is 2.36. The maximum Gasteiger partial charge on any atom is 0.255 e. The number of benzene rings is 2. The van der Waals surface area contributed by atoms with Crippen LogP contribution in [0.1, 0.15) is 43.0 Å². The molecule has 0 aliphatic carbocycles. The minimum absolute atomic E-state index is 0.189. The molecule has 0 aromatic heterocycles. The van der Waals surface area contributed by atoms with Crippen LogP contribution in [0.3, 0.4) is 0 Å². The summed E-state index contributed by atoms with van der Waals surface area (Å²) < 4.78 is 28.0. The van der Waals surface area contributed by atoms with Gasteiger partial charge in [0, 0.05) is 22.3 Å². The van der Waals surface area contributed by atoms with Crippen molar-refractivity contribution in [2.45, 2.75) is 37.5 Å². The molecule has 0 atom stereocenters. The molecule has 2 aromatic carbocycles. The van der Waals surface area contributed by atoms with Gasteiger partial charge in [-0.3, -0.25) is 4.79 Å². The molecule has 2 N–H and O–H groups in total. The summed E-state index contributed by atoms with van der Waals surface area (Å²) in [5, 5.41) is 2.75. The van der Waals surface area contributed by atoms with Crippen molar-refractivity contribution in [1.29, 1.82) is 0 Å². The van der Waals surface area contributed by atoms with Gasteiger partial charge >= 0.3 is 0 Å². The molecule has 140 valence electrons. The van der Waals surface area contributed by atoms with Crippen LogP contribution >= 0.6 is 15.9 Å². The number of nitrogens with one attached hydrogen (secondary N) is 2. The fraction of sp³-hybridized carbons (Fsp3) is 0.316. The van der Waals surface area contributed by atoms with Crippen LogP contribution in [0.5, 0.6) is 0 Å². The molecule has 0 unspecified atom stereocenters. The van der Waals surface area contributed by atoms with E-state index in [2.05, 4.69) is 32.9 Å². The lowest BCUT2D eigenvalue weighted by atomic mass is 10.2. The molecule has 0 fully saturated rings. The van der Waals surface area contributed by atoms with Crippen molar-refractivity contribution in [2.75, 3.05) is 11.9 Å². The molecule has 5 nitrogen and oxygen atoms in total. The van der Waals surface area contributed by atoms with Gasteiger partial charge in [0.2, 0.25) is 10.0 Å². The van der Waals surface area contributed by atoms with E-state index in [0.717, 1.165) is 30.2 Å². The molecule has 0 radical (unpaired) electrons. The van der Waals surface area contributed by atoms with Crippen molar-refractivity contribution in [3.05, 3.63) is 58.6 Å². The van der Waals surface area contributed by atoms with Gasteiger partial charge in [-0.2, -0.15) is 0 Å². The number of hydrogen-bond donors (Lipinski definition) is 2. The average Bonchev–Trinajstić information content (AvgIpc) is 2.62. The van der Waals surface area contributed by atoms with Crippen LogP contribution in [0.25, 0.3) is 0 Å². The summed E-state index contributed by atoms with van der Waals surface area (Å²) in [5.74, 6) is -0.248. The van der Waals surface area contributed by atoms with Gasteiger partial charge in [0.25, 0.3) is 5.91 Å². The highest BCUT2D eigenvalue weighted by molar-refractivity contribution is 9.10. The number of amides is 1. The third kappa shape index (κ3) is 6.23. The lowest BCUT2D eigenvalue weighted by Crippen LogP contribution is -2.24. The molecule has 7 heteroatoms. The highest BCUT2D eigenvalue weighted by Gasteiger charge is 2.13. The SMILES string of the molecule is CCCCCCNS(=O)(=O)c1ccc(NC(=O)c2ccc(Br)cc2)cc1. The molecular formula is C19H23BrN2O3S. The number of anilines is 1. The second-order valence-electron chi connectivity index (χ2n) is 5.94. The third-order valence-electron chi connectivity index (χ3n) is 3.85. The summed E-state index contributed by atoms with van der Waals surface area (Å²) >= 11 is 3.32. The van der Waals surface area contributed by atoms with Gasteiger partial charge in [0.1, 0.15) is 0 Å². The number of rotatable bonds is 9. The van der Waals surface area contributed by atoms with Gasteiger partial charge in [-0.25, -0.2) is 13.1 Å². The van der Waals surface area contributed by atoms with Crippen molar-refractivity contribution in [3.63, 3.8) is 0 Å². The monoisotopic (exact) mass is 438 g/mol. The second-order valence-corrected chi connectivity index (χ2v) is 8.63. The summed E-state index contributed by atoms with van der Waals surface area (Å²) in [5.41, 5.74) is 1.07. The molecule has 26 heavy (non-hydrogen) atoms. The first-order valence-electron chi connectivity index (χ1n) is 8.59. The first kappa shape index (κ1) is 20.6. The Morgan fingerprint density at radius 2 is 1.62 bits per heavy atom. The zero-order valence-corrected chi connectivity index (χ0v) is 17.1. The zero-order valence-electron chi connectivity index (χ0n) is 14.7. The van der Waals surface area contributed by atoms with Gasteiger partial charge in [-0.1, -0.05) is 42.1 Å². The van der Waals surface area contributed by atoms with Crippen LogP contribution in [0.15, 0.2) is 57.9 Å². The van der Waals surface area contributed by atoms with E-state index in [1.165, 1.54) is 12.1 Å². The molecule has 2 aromatic rings. The number of carbonyl (C=O) groups is 1. The van der Waals surface area contributed by atoms with Crippen molar-refractivity contribution in [3.8, 4) is 0 Å². The van der Waals surface area contributed by atoms with E-state index in [1.54, 1.807) is 36.4 Å². The summed E-state index contributed by atoms with van der Waals surface area (Å²) in [7, 11) is -3.52. The standard InChI is InChI=1S/C19H23BrN2O3S/c1-2-3-4-5-14-21-26(24,25)18-12-10-17(11-13-18)22-19(23)15-6-8-16(20)9-7-15/h6-13,21H,2-5,14H2,1H3,(H,22,23). The van der Waals surface area contributed by atoms with E-state index in [-0.39, 0.29) is 10.8 Å². The normalized spacial score (nSPS) is 11.3. The van der Waals surface area contributed by atoms with Crippen LogP contribution in [0.2, 0.25) is 0 Å². The van der Waals surface area contributed by atoms with E-state index in [0.29, 0.717) is 17.8 Å². The number of hydrogen-bond acceptors (Lipinski definition) is 3. The van der Waals surface area contributed by atoms with Gasteiger partial charge < -0.3 is 5.32 Å². The predicted molar refractivity (Wildman–Crippen MR) is 108 cm³/mol. The Labute approximate surface area is 163 Å². The molecular weight excluding hydrogens is 416 g/mol. The third-order valence-corrected chi connectivity index (χ3v) is 5.86. The molecule has 0 aliphatic heterocycles. The van der Waals surface area contributed by atoms with Crippen LogP contribution in [0.4, 0.5) is 5.69 Å². The molecule has 0 saturated heterocycles. The van der Waals surface area contributed by atoms with Crippen LogP contribution in [-0.2, 0) is 10.0 Å². The van der Waals surface area contributed by atoms with Crippen molar-refractivity contribution in [1.82, 2.24) is 4.72 Å². The van der Waals surface area contributed by atoms with Crippen molar-refractivity contribution < 1.29 is 13.2 Å². The number of halogens is 1. The molecule has 0 aliphatic rings. The van der Waals surface area contributed by atoms with Gasteiger partial charge in [-0.15, -0.1) is 0 Å². The molecule has 0 saturated carbocycles. The Kier molecular flexibility index (Phi) is 7.81. The maximum absolute atomic E-state index is 12.2. The van der Waals surface area contributed by atoms with Gasteiger partial charge in [0.05, 0.1) is 4.90 Å². The van der Waals surface area contributed by atoms with E-state index in [9.17, 15) is 13.2 Å². The smallest absolute Gasteiger partial charge is 0.255 e. The first-order valence-corrected chi connectivity index (χ1v) is 10.9. The van der Waals surface area contributed by atoms with Crippen LogP contribution in [-0.4, -0.2) is 20.9 Å². The summed E-state index contributed by atoms with van der Waals surface area (Å²) in [6, 6.07) is 13.1. The quantitative estimate of drug-likeness (QED) is 0.563. The fourth-order valence-corrected chi connectivity index (χ4v) is 3.70. The highest BCUT2D eigenvalue weighted by atomic mass is 79.9. The Morgan fingerprint density at radius 3 is 2.23 bits per heavy atom. The number of carbonyl (C=O) groups excluding carboxylic acids is 1. The van der Waals surface area contributed by atoms with Gasteiger partial charge in [0.15, 0.2) is 0 Å². The van der Waals surface area contributed by atoms with Crippen LogP contribution in [0, 0.1) is 0 Å². The van der Waals surface area contributed by atoms with E-state index >= 15 is 0 Å². The van der Waals surface area contributed by atoms with Gasteiger partial charge in [-0.05, 0) is 55.0 Å². The number of unbranched alkanes of at least 4 members (excludes halogenated alkanes) is 3. The molecule has 0 heterocycles. The topological polar surface area (TPSA) is 75.3 Å².